The number of hydrogen-bond acceptors (Lipinski definition) is 3. The Morgan fingerprint density at radius 2 is 2.00 bits per heavy atom. The van der Waals surface area contributed by atoms with Crippen molar-refractivity contribution in [3.8, 4) is 5.75 Å². The van der Waals surface area contributed by atoms with Crippen LogP contribution in [-0.4, -0.2) is 29.5 Å². The molecule has 1 N–H and O–H groups in total. The molecular formula is C15H29N3O. The van der Waals surface area contributed by atoms with Gasteiger partial charge in [-0.1, -0.05) is 20.8 Å². The van der Waals surface area contributed by atoms with Crippen LogP contribution in [0.1, 0.15) is 52.8 Å². The second kappa shape index (κ2) is 7.53. The molecule has 1 aromatic heterocycles. The molecule has 0 aliphatic heterocycles. The van der Waals surface area contributed by atoms with Crippen LogP contribution in [0.25, 0.3) is 0 Å². The van der Waals surface area contributed by atoms with E-state index in [0.29, 0.717) is 18.0 Å². The summed E-state index contributed by atoms with van der Waals surface area (Å²) in [6, 6.07) is 0.917. The van der Waals surface area contributed by atoms with Crippen LogP contribution in [0.15, 0.2) is 6.20 Å². The van der Waals surface area contributed by atoms with Gasteiger partial charge in [0.05, 0.1) is 19.0 Å². The molecule has 0 bridgehead atoms. The molecule has 1 atom stereocenters. The van der Waals surface area contributed by atoms with Crippen molar-refractivity contribution in [2.24, 2.45) is 5.92 Å². The zero-order valence-corrected chi connectivity index (χ0v) is 13.2. The lowest BCUT2D eigenvalue weighted by Crippen LogP contribution is -2.34. The summed E-state index contributed by atoms with van der Waals surface area (Å²) in [5.41, 5.74) is 1.21. The molecular weight excluding hydrogens is 238 g/mol. The highest BCUT2D eigenvalue weighted by Crippen LogP contribution is 2.23. The van der Waals surface area contributed by atoms with E-state index in [1.807, 2.05) is 6.20 Å². The maximum absolute atomic E-state index is 5.43. The fourth-order valence-electron chi connectivity index (χ4n) is 2.45. The Morgan fingerprint density at radius 1 is 1.32 bits per heavy atom. The quantitative estimate of drug-likeness (QED) is 0.787. The van der Waals surface area contributed by atoms with Crippen molar-refractivity contribution in [2.45, 2.75) is 59.5 Å². The molecule has 0 amide bonds. The Hall–Kier alpha value is -1.03. The van der Waals surface area contributed by atoms with Crippen molar-refractivity contribution in [3.63, 3.8) is 0 Å². The van der Waals surface area contributed by atoms with Crippen molar-refractivity contribution in [1.29, 1.82) is 0 Å². The van der Waals surface area contributed by atoms with Crippen molar-refractivity contribution < 1.29 is 4.74 Å². The molecule has 1 heterocycles. The zero-order valence-electron chi connectivity index (χ0n) is 13.2. The van der Waals surface area contributed by atoms with Gasteiger partial charge in [-0.05, 0) is 39.2 Å². The highest BCUT2D eigenvalue weighted by molar-refractivity contribution is 5.25. The van der Waals surface area contributed by atoms with Crippen LogP contribution in [0.5, 0.6) is 5.75 Å². The Balaban J connectivity index is 2.77. The Bertz CT molecular complexity index is 371. The van der Waals surface area contributed by atoms with Crippen LogP contribution in [0.3, 0.4) is 0 Å². The van der Waals surface area contributed by atoms with E-state index < -0.39 is 0 Å². The minimum atomic E-state index is 0.371. The van der Waals surface area contributed by atoms with Crippen molar-refractivity contribution in [1.82, 2.24) is 15.1 Å². The first-order valence-corrected chi connectivity index (χ1v) is 7.34. The summed E-state index contributed by atoms with van der Waals surface area (Å²) in [6.07, 6.45) is 3.93. The van der Waals surface area contributed by atoms with Crippen LogP contribution < -0.4 is 10.1 Å². The molecule has 0 saturated heterocycles. The molecule has 110 valence electrons. The number of hydrogen-bond donors (Lipinski definition) is 1. The minimum Gasteiger partial charge on any atom is -0.493 e. The molecule has 1 unspecified atom stereocenters. The lowest BCUT2D eigenvalue weighted by atomic mass is 9.98. The van der Waals surface area contributed by atoms with Gasteiger partial charge < -0.3 is 10.1 Å². The first-order chi connectivity index (χ1) is 9.01. The second-order valence-corrected chi connectivity index (χ2v) is 5.64. The number of nitrogens with one attached hydrogen (secondary N) is 1. The summed E-state index contributed by atoms with van der Waals surface area (Å²) in [6.45, 7) is 12.0. The normalized spacial score (nSPS) is 13.3. The van der Waals surface area contributed by atoms with Crippen molar-refractivity contribution in [2.75, 3.05) is 13.7 Å². The monoisotopic (exact) mass is 267 g/mol. The highest BCUT2D eigenvalue weighted by Gasteiger charge is 2.17. The van der Waals surface area contributed by atoms with Gasteiger partial charge in [0.25, 0.3) is 0 Å². The smallest absolute Gasteiger partial charge is 0.159 e. The first-order valence-electron chi connectivity index (χ1n) is 7.34. The SMILES string of the molecule is CCNC(CCc1c(OC)cnn1C(C)C)C(C)C. The van der Waals surface area contributed by atoms with Gasteiger partial charge in [-0.2, -0.15) is 5.10 Å². The van der Waals surface area contributed by atoms with Gasteiger partial charge in [0, 0.05) is 12.1 Å². The summed E-state index contributed by atoms with van der Waals surface area (Å²) in [5, 5.41) is 7.99. The molecule has 4 heteroatoms. The van der Waals surface area contributed by atoms with Crippen LogP contribution in [0.4, 0.5) is 0 Å². The van der Waals surface area contributed by atoms with Crippen LogP contribution >= 0.6 is 0 Å². The third kappa shape index (κ3) is 4.23. The van der Waals surface area contributed by atoms with Crippen LogP contribution in [0, 0.1) is 5.92 Å². The lowest BCUT2D eigenvalue weighted by molar-refractivity contribution is 0.369. The average Bonchev–Trinajstić information content (AvgIpc) is 2.77. The zero-order chi connectivity index (χ0) is 14.4. The lowest BCUT2D eigenvalue weighted by Gasteiger charge is -2.22. The summed E-state index contributed by atoms with van der Waals surface area (Å²) < 4.78 is 7.50. The van der Waals surface area contributed by atoms with E-state index in [9.17, 15) is 0 Å². The van der Waals surface area contributed by atoms with Crippen LogP contribution in [-0.2, 0) is 6.42 Å². The van der Waals surface area contributed by atoms with Crippen molar-refractivity contribution in [3.05, 3.63) is 11.9 Å². The fraction of sp³-hybridized carbons (Fsp3) is 0.800. The molecule has 0 aliphatic rings. The average molecular weight is 267 g/mol. The standard InChI is InChI=1S/C15H29N3O/c1-7-16-13(11(2)3)8-9-14-15(19-6)10-17-18(14)12(4)5/h10-13,16H,7-9H2,1-6H3. The Labute approximate surface area is 117 Å². The van der Waals surface area contributed by atoms with Crippen LogP contribution in [0.2, 0.25) is 0 Å². The summed E-state index contributed by atoms with van der Waals surface area (Å²) >= 11 is 0. The van der Waals surface area contributed by atoms with E-state index in [1.165, 1.54) is 5.69 Å². The maximum Gasteiger partial charge on any atom is 0.159 e. The predicted molar refractivity (Wildman–Crippen MR) is 79.8 cm³/mol. The highest BCUT2D eigenvalue weighted by atomic mass is 16.5. The summed E-state index contributed by atoms with van der Waals surface area (Å²) in [7, 11) is 1.72. The van der Waals surface area contributed by atoms with Gasteiger partial charge in [0.2, 0.25) is 0 Å². The molecule has 0 fully saturated rings. The first kappa shape index (κ1) is 16.0. The minimum absolute atomic E-state index is 0.371. The van der Waals surface area contributed by atoms with E-state index in [2.05, 4.69) is 49.7 Å². The van der Waals surface area contributed by atoms with E-state index in [-0.39, 0.29) is 0 Å². The molecule has 19 heavy (non-hydrogen) atoms. The summed E-state index contributed by atoms with van der Waals surface area (Å²) in [4.78, 5) is 0. The molecule has 4 nitrogen and oxygen atoms in total. The van der Waals surface area contributed by atoms with Gasteiger partial charge in [0.15, 0.2) is 5.75 Å². The number of rotatable bonds is 8. The second-order valence-electron chi connectivity index (χ2n) is 5.64. The predicted octanol–water partition coefficient (Wildman–Crippen LogP) is 3.04. The fourth-order valence-corrected chi connectivity index (χ4v) is 2.45. The molecule has 0 aliphatic carbocycles. The van der Waals surface area contributed by atoms with Crippen molar-refractivity contribution >= 4 is 0 Å². The Kier molecular flexibility index (Phi) is 6.35. The Morgan fingerprint density at radius 3 is 2.47 bits per heavy atom. The van der Waals surface area contributed by atoms with E-state index in [1.54, 1.807) is 7.11 Å². The molecule has 0 saturated carbocycles. The third-order valence-corrected chi connectivity index (χ3v) is 3.53. The van der Waals surface area contributed by atoms with Gasteiger partial charge >= 0.3 is 0 Å². The number of ether oxygens (including phenoxy) is 1. The van der Waals surface area contributed by atoms with Gasteiger partial charge in [-0.3, -0.25) is 4.68 Å². The molecule has 1 rings (SSSR count). The number of methoxy groups -OCH3 is 1. The third-order valence-electron chi connectivity index (χ3n) is 3.53. The largest absolute Gasteiger partial charge is 0.493 e. The molecule has 1 aromatic rings. The van der Waals surface area contributed by atoms with Gasteiger partial charge in [-0.15, -0.1) is 0 Å². The molecule has 0 aromatic carbocycles. The van der Waals surface area contributed by atoms with E-state index >= 15 is 0 Å². The molecule has 0 radical (unpaired) electrons. The number of nitrogens with zero attached hydrogens (tertiary/aromatic N) is 2. The van der Waals surface area contributed by atoms with E-state index in [4.69, 9.17) is 4.74 Å². The van der Waals surface area contributed by atoms with E-state index in [0.717, 1.165) is 25.1 Å². The maximum atomic E-state index is 5.43. The number of aromatic nitrogens is 2. The topological polar surface area (TPSA) is 39.1 Å². The van der Waals surface area contributed by atoms with Gasteiger partial charge in [-0.25, -0.2) is 0 Å². The summed E-state index contributed by atoms with van der Waals surface area (Å²) in [5.74, 6) is 1.55. The molecule has 0 spiro atoms. The van der Waals surface area contributed by atoms with Gasteiger partial charge in [0.1, 0.15) is 0 Å².